The molecule has 0 aromatic heterocycles. The van der Waals surface area contributed by atoms with Gasteiger partial charge < -0.3 is 9.47 Å². The van der Waals surface area contributed by atoms with Gasteiger partial charge in [-0.1, -0.05) is 42.0 Å². The first-order valence-corrected chi connectivity index (χ1v) is 8.45. The molecule has 0 aliphatic heterocycles. The van der Waals surface area contributed by atoms with E-state index in [-0.39, 0.29) is 0 Å². The number of aryl methyl sites for hydroxylation is 1. The highest BCUT2D eigenvalue weighted by Gasteiger charge is 2.25. The molecule has 3 nitrogen and oxygen atoms in total. The van der Waals surface area contributed by atoms with Gasteiger partial charge in [0.05, 0.1) is 7.11 Å². The fourth-order valence-corrected chi connectivity index (χ4v) is 2.75. The number of carbonyl (C=O) groups excluding carboxylic acids is 1. The number of rotatable bonds is 5. The van der Waals surface area contributed by atoms with Crippen LogP contribution >= 0.6 is 0 Å². The van der Waals surface area contributed by atoms with Crippen LogP contribution in [0, 0.1) is 24.4 Å². The van der Waals surface area contributed by atoms with Crippen LogP contribution in [0.2, 0.25) is 0 Å². The van der Waals surface area contributed by atoms with E-state index in [0.29, 0.717) is 29.0 Å². The Kier molecular flexibility index (Phi) is 5.68. The molecule has 144 valence electrons. The molecule has 0 amide bonds. The molecule has 0 aliphatic rings. The third kappa shape index (κ3) is 4.17. The fraction of sp³-hybridized carbons (Fsp3) is 0.136. The van der Waals surface area contributed by atoms with E-state index < -0.39 is 35.1 Å². The van der Waals surface area contributed by atoms with Crippen LogP contribution in [0.3, 0.4) is 0 Å². The molecule has 0 bridgehead atoms. The Morgan fingerprint density at radius 2 is 1.36 bits per heavy atom. The average Bonchev–Trinajstić information content (AvgIpc) is 2.66. The van der Waals surface area contributed by atoms with Crippen LogP contribution < -0.4 is 4.74 Å². The number of hydrogen-bond donors (Lipinski definition) is 0. The minimum absolute atomic E-state index is 0.438. The molecule has 0 spiro atoms. The predicted molar refractivity (Wildman–Crippen MR) is 97.7 cm³/mol. The molecular weight excluding hydrogens is 369 g/mol. The molecule has 0 radical (unpaired) electrons. The van der Waals surface area contributed by atoms with E-state index in [9.17, 15) is 18.0 Å². The molecule has 3 rings (SSSR count). The van der Waals surface area contributed by atoms with Gasteiger partial charge in [-0.2, -0.15) is 0 Å². The number of methoxy groups -OCH3 is 1. The number of esters is 1. The minimum atomic E-state index is -1.32. The first-order chi connectivity index (χ1) is 13.4. The SMILES string of the molecule is COc1ccc(C(OC(=O)c2c(F)cc(F)cc2F)c2ccc(C)cc2)cc1. The van der Waals surface area contributed by atoms with Crippen LogP contribution in [0.5, 0.6) is 5.75 Å². The molecule has 0 saturated heterocycles. The molecule has 0 N–H and O–H groups in total. The van der Waals surface area contributed by atoms with Crippen LogP contribution in [-0.2, 0) is 4.74 Å². The Morgan fingerprint density at radius 3 is 1.86 bits per heavy atom. The van der Waals surface area contributed by atoms with Gasteiger partial charge in [-0.3, -0.25) is 0 Å². The van der Waals surface area contributed by atoms with Crippen LogP contribution in [0.4, 0.5) is 13.2 Å². The lowest BCUT2D eigenvalue weighted by Gasteiger charge is -2.20. The number of hydrogen-bond acceptors (Lipinski definition) is 3. The van der Waals surface area contributed by atoms with Crippen molar-refractivity contribution in [3.05, 3.63) is 100 Å². The Balaban J connectivity index is 1.99. The van der Waals surface area contributed by atoms with Crippen LogP contribution in [-0.4, -0.2) is 13.1 Å². The molecule has 0 aliphatic carbocycles. The van der Waals surface area contributed by atoms with Gasteiger partial charge in [-0.05, 0) is 30.2 Å². The summed E-state index contributed by atoms with van der Waals surface area (Å²) >= 11 is 0. The quantitative estimate of drug-likeness (QED) is 0.553. The van der Waals surface area contributed by atoms with Crippen LogP contribution in [0.15, 0.2) is 60.7 Å². The van der Waals surface area contributed by atoms with Crippen molar-refractivity contribution >= 4 is 5.97 Å². The van der Waals surface area contributed by atoms with Gasteiger partial charge in [-0.25, -0.2) is 18.0 Å². The largest absolute Gasteiger partial charge is 0.497 e. The standard InChI is InChI=1S/C22H17F3O3/c1-13-3-5-14(6-4-13)21(15-7-9-17(27-2)10-8-15)28-22(26)20-18(24)11-16(23)12-19(20)25/h3-12,21H,1-2H3. The minimum Gasteiger partial charge on any atom is -0.497 e. The zero-order valence-corrected chi connectivity index (χ0v) is 15.2. The van der Waals surface area contributed by atoms with E-state index in [1.807, 2.05) is 19.1 Å². The monoisotopic (exact) mass is 386 g/mol. The molecule has 0 heterocycles. The number of ether oxygens (including phenoxy) is 2. The highest BCUT2D eigenvalue weighted by molar-refractivity contribution is 5.90. The molecule has 1 atom stereocenters. The van der Waals surface area contributed by atoms with E-state index >= 15 is 0 Å². The summed E-state index contributed by atoms with van der Waals surface area (Å²) in [5.74, 6) is -4.37. The van der Waals surface area contributed by atoms with Crippen LogP contribution in [0.25, 0.3) is 0 Å². The third-order valence-electron chi connectivity index (χ3n) is 4.23. The van der Waals surface area contributed by atoms with Gasteiger partial charge in [0.2, 0.25) is 0 Å². The van der Waals surface area contributed by atoms with Crippen molar-refractivity contribution < 1.29 is 27.4 Å². The molecule has 3 aromatic carbocycles. The average molecular weight is 386 g/mol. The molecular formula is C22H17F3O3. The van der Waals surface area contributed by atoms with Gasteiger partial charge in [0, 0.05) is 12.1 Å². The highest BCUT2D eigenvalue weighted by atomic mass is 19.1. The Morgan fingerprint density at radius 1 is 0.857 bits per heavy atom. The lowest BCUT2D eigenvalue weighted by Crippen LogP contribution is -2.16. The Bertz CT molecular complexity index is 960. The maximum absolute atomic E-state index is 14.0. The molecule has 1 unspecified atom stereocenters. The molecule has 0 saturated carbocycles. The number of carbonyl (C=O) groups is 1. The van der Waals surface area contributed by atoms with E-state index in [4.69, 9.17) is 9.47 Å². The third-order valence-corrected chi connectivity index (χ3v) is 4.23. The van der Waals surface area contributed by atoms with Gasteiger partial charge in [0.1, 0.15) is 28.8 Å². The Labute approximate surface area is 160 Å². The molecule has 6 heteroatoms. The van der Waals surface area contributed by atoms with Crippen molar-refractivity contribution in [2.24, 2.45) is 0 Å². The Hall–Kier alpha value is -3.28. The van der Waals surface area contributed by atoms with Crippen molar-refractivity contribution in [2.75, 3.05) is 7.11 Å². The maximum Gasteiger partial charge on any atom is 0.345 e. The number of halogens is 3. The van der Waals surface area contributed by atoms with Crippen LogP contribution in [0.1, 0.15) is 33.2 Å². The van der Waals surface area contributed by atoms with Gasteiger partial charge in [0.15, 0.2) is 6.10 Å². The van der Waals surface area contributed by atoms with Crippen molar-refractivity contribution in [1.29, 1.82) is 0 Å². The summed E-state index contributed by atoms with van der Waals surface area (Å²) in [4.78, 5) is 12.5. The van der Waals surface area contributed by atoms with Gasteiger partial charge in [-0.15, -0.1) is 0 Å². The van der Waals surface area contributed by atoms with E-state index in [1.165, 1.54) is 7.11 Å². The molecule has 28 heavy (non-hydrogen) atoms. The van der Waals surface area contributed by atoms with Crippen molar-refractivity contribution in [3.8, 4) is 5.75 Å². The van der Waals surface area contributed by atoms with Crippen molar-refractivity contribution in [2.45, 2.75) is 13.0 Å². The van der Waals surface area contributed by atoms with Crippen molar-refractivity contribution in [3.63, 3.8) is 0 Å². The summed E-state index contributed by atoms with van der Waals surface area (Å²) < 4.78 is 51.6. The maximum atomic E-state index is 14.0. The fourth-order valence-electron chi connectivity index (χ4n) is 2.75. The second-order valence-corrected chi connectivity index (χ2v) is 6.21. The topological polar surface area (TPSA) is 35.5 Å². The summed E-state index contributed by atoms with van der Waals surface area (Å²) in [5, 5.41) is 0. The molecule has 0 fully saturated rings. The highest BCUT2D eigenvalue weighted by Crippen LogP contribution is 2.30. The second-order valence-electron chi connectivity index (χ2n) is 6.21. The summed E-state index contributed by atoms with van der Waals surface area (Å²) in [7, 11) is 1.52. The van der Waals surface area contributed by atoms with Crippen molar-refractivity contribution in [1.82, 2.24) is 0 Å². The van der Waals surface area contributed by atoms with Gasteiger partial charge >= 0.3 is 5.97 Å². The van der Waals surface area contributed by atoms with E-state index in [0.717, 1.165) is 5.56 Å². The van der Waals surface area contributed by atoms with E-state index in [2.05, 4.69) is 0 Å². The lowest BCUT2D eigenvalue weighted by molar-refractivity contribution is 0.0366. The van der Waals surface area contributed by atoms with E-state index in [1.54, 1.807) is 36.4 Å². The summed E-state index contributed by atoms with van der Waals surface area (Å²) in [6.07, 6.45) is -0.914. The first kappa shape index (κ1) is 19.5. The number of benzene rings is 3. The zero-order valence-electron chi connectivity index (χ0n) is 15.2. The van der Waals surface area contributed by atoms with Gasteiger partial charge in [0.25, 0.3) is 0 Å². The summed E-state index contributed by atoms with van der Waals surface area (Å²) in [5.41, 5.74) is 1.26. The smallest absolute Gasteiger partial charge is 0.345 e. The summed E-state index contributed by atoms with van der Waals surface area (Å²) in [6, 6.07) is 14.8. The normalized spacial score (nSPS) is 11.8. The second kappa shape index (κ2) is 8.17. The summed E-state index contributed by atoms with van der Waals surface area (Å²) in [6.45, 7) is 1.90. The first-order valence-electron chi connectivity index (χ1n) is 8.45. The lowest BCUT2D eigenvalue weighted by atomic mass is 10.00. The zero-order chi connectivity index (χ0) is 20.3. The molecule has 3 aromatic rings. The predicted octanol–water partition coefficient (Wildman–Crippen LogP) is 5.37.